The number of halogens is 1. The summed E-state index contributed by atoms with van der Waals surface area (Å²) in [6.07, 6.45) is 2.78. The van der Waals surface area contributed by atoms with E-state index < -0.39 is 5.91 Å². The molecule has 4 N–H and O–H groups in total. The molecule has 0 spiro atoms. The number of amides is 2. The molecule has 1 aromatic heterocycles. The topological polar surface area (TPSA) is 84.2 Å². The van der Waals surface area contributed by atoms with Gasteiger partial charge in [0.25, 0.3) is 11.8 Å². The lowest BCUT2D eigenvalue weighted by Gasteiger charge is -2.18. The number of benzene rings is 2. The number of fused-ring (bicyclic) bond motifs is 2. The lowest BCUT2D eigenvalue weighted by atomic mass is 9.88. The highest BCUT2D eigenvalue weighted by atomic mass is 79.9. The molecule has 1 aliphatic carbocycles. The second kappa shape index (κ2) is 8.45. The molecule has 1 heterocycles. The Morgan fingerprint density at radius 1 is 1.20 bits per heavy atom. The van der Waals surface area contributed by atoms with Crippen molar-refractivity contribution in [1.82, 2.24) is 5.32 Å². The molecule has 2 amide bonds. The van der Waals surface area contributed by atoms with E-state index in [2.05, 4.69) is 33.5 Å². The quantitative estimate of drug-likeness (QED) is 0.440. The first-order valence-corrected chi connectivity index (χ1v) is 11.6. The summed E-state index contributed by atoms with van der Waals surface area (Å²) in [5.41, 5.74) is 7.68. The molecule has 1 atom stereocenters. The Morgan fingerprint density at radius 2 is 1.93 bits per heavy atom. The van der Waals surface area contributed by atoms with Crippen molar-refractivity contribution in [3.05, 3.63) is 62.4 Å². The van der Waals surface area contributed by atoms with Crippen molar-refractivity contribution in [1.29, 1.82) is 0 Å². The third kappa shape index (κ3) is 3.99. The van der Waals surface area contributed by atoms with E-state index >= 15 is 0 Å². The van der Waals surface area contributed by atoms with E-state index in [4.69, 9.17) is 18.0 Å². The SMILES string of the molecule is C[C@H]1CCc2c(sc(NC(=S)NC(=O)c3cccc4c(Br)cccc34)c2C(N)=O)C1. The van der Waals surface area contributed by atoms with Gasteiger partial charge in [-0.1, -0.05) is 47.1 Å². The van der Waals surface area contributed by atoms with E-state index in [0.29, 0.717) is 22.0 Å². The van der Waals surface area contributed by atoms with Crippen LogP contribution in [0.25, 0.3) is 10.8 Å². The first-order valence-electron chi connectivity index (χ1n) is 9.59. The van der Waals surface area contributed by atoms with Crippen molar-refractivity contribution in [3.63, 3.8) is 0 Å². The highest BCUT2D eigenvalue weighted by molar-refractivity contribution is 9.10. The van der Waals surface area contributed by atoms with Gasteiger partial charge in [-0.05, 0) is 65.9 Å². The summed E-state index contributed by atoms with van der Waals surface area (Å²) in [4.78, 5) is 26.1. The Balaban J connectivity index is 1.57. The summed E-state index contributed by atoms with van der Waals surface area (Å²) in [6.45, 7) is 2.20. The number of carbonyl (C=O) groups excluding carboxylic acids is 2. The molecule has 5 nitrogen and oxygen atoms in total. The normalized spacial score (nSPS) is 15.5. The highest BCUT2D eigenvalue weighted by Crippen LogP contribution is 2.39. The third-order valence-electron chi connectivity index (χ3n) is 5.33. The summed E-state index contributed by atoms with van der Waals surface area (Å²) in [7, 11) is 0. The summed E-state index contributed by atoms with van der Waals surface area (Å²) >= 11 is 10.4. The number of nitrogens with one attached hydrogen (secondary N) is 2. The predicted molar refractivity (Wildman–Crippen MR) is 129 cm³/mol. The number of primary amides is 1. The molecule has 0 saturated carbocycles. The Morgan fingerprint density at radius 3 is 2.70 bits per heavy atom. The van der Waals surface area contributed by atoms with Crippen LogP contribution in [-0.4, -0.2) is 16.9 Å². The van der Waals surface area contributed by atoms with Gasteiger partial charge in [0.05, 0.1) is 5.56 Å². The number of nitrogens with two attached hydrogens (primary N) is 1. The first-order chi connectivity index (χ1) is 14.3. The summed E-state index contributed by atoms with van der Waals surface area (Å²) in [6, 6.07) is 11.2. The highest BCUT2D eigenvalue weighted by Gasteiger charge is 2.27. The smallest absolute Gasteiger partial charge is 0.258 e. The van der Waals surface area contributed by atoms with Gasteiger partial charge in [0.2, 0.25) is 0 Å². The van der Waals surface area contributed by atoms with E-state index in [9.17, 15) is 9.59 Å². The standard InChI is InChI=1S/C22H20BrN3O2S2/c1-11-8-9-15-17(10-11)30-21(18(15)19(24)27)26-22(29)25-20(28)14-6-2-5-13-12(14)4-3-7-16(13)23/h2-7,11H,8-10H2,1H3,(H2,24,27)(H2,25,26,28,29)/t11-/m0/s1. The van der Waals surface area contributed by atoms with Crippen LogP contribution in [-0.2, 0) is 12.8 Å². The van der Waals surface area contributed by atoms with Crippen LogP contribution in [0.3, 0.4) is 0 Å². The minimum absolute atomic E-state index is 0.140. The summed E-state index contributed by atoms with van der Waals surface area (Å²) in [5, 5.41) is 8.28. The molecule has 0 bridgehead atoms. The molecule has 0 fully saturated rings. The zero-order valence-electron chi connectivity index (χ0n) is 16.3. The number of carbonyl (C=O) groups is 2. The van der Waals surface area contributed by atoms with Crippen LogP contribution >= 0.6 is 39.5 Å². The zero-order valence-corrected chi connectivity index (χ0v) is 19.5. The molecular weight excluding hydrogens is 482 g/mol. The number of hydrogen-bond donors (Lipinski definition) is 3. The van der Waals surface area contributed by atoms with Crippen molar-refractivity contribution < 1.29 is 9.59 Å². The van der Waals surface area contributed by atoms with Crippen LogP contribution in [0.1, 0.15) is 44.5 Å². The number of hydrogen-bond acceptors (Lipinski definition) is 4. The fraction of sp³-hybridized carbons (Fsp3) is 0.227. The van der Waals surface area contributed by atoms with Crippen molar-refractivity contribution in [2.75, 3.05) is 5.32 Å². The van der Waals surface area contributed by atoms with E-state index in [0.717, 1.165) is 44.9 Å². The molecule has 4 rings (SSSR count). The molecule has 154 valence electrons. The second-order valence-corrected chi connectivity index (χ2v) is 9.84. The maximum atomic E-state index is 12.9. The van der Waals surface area contributed by atoms with E-state index in [1.807, 2.05) is 30.3 Å². The van der Waals surface area contributed by atoms with Crippen LogP contribution in [0, 0.1) is 5.92 Å². The first kappa shape index (κ1) is 21.0. The molecule has 0 radical (unpaired) electrons. The van der Waals surface area contributed by atoms with Gasteiger partial charge in [-0.3, -0.25) is 14.9 Å². The zero-order chi connectivity index (χ0) is 21.4. The molecule has 3 aromatic rings. The van der Waals surface area contributed by atoms with Gasteiger partial charge in [0, 0.05) is 14.9 Å². The number of thiocarbonyl (C=S) groups is 1. The van der Waals surface area contributed by atoms with E-state index in [1.54, 1.807) is 6.07 Å². The number of rotatable bonds is 3. The molecule has 1 aliphatic rings. The maximum absolute atomic E-state index is 12.9. The summed E-state index contributed by atoms with van der Waals surface area (Å²) < 4.78 is 0.917. The van der Waals surface area contributed by atoms with Crippen molar-refractivity contribution in [3.8, 4) is 0 Å². The molecule has 30 heavy (non-hydrogen) atoms. The van der Waals surface area contributed by atoms with Gasteiger partial charge in [0.1, 0.15) is 5.00 Å². The van der Waals surface area contributed by atoms with E-state index in [-0.39, 0.29) is 11.0 Å². The molecular formula is C22H20BrN3O2S2. The largest absolute Gasteiger partial charge is 0.365 e. The Kier molecular flexibility index (Phi) is 5.90. The lowest BCUT2D eigenvalue weighted by molar-refractivity contribution is 0.0977. The Hall–Kier alpha value is -2.29. The van der Waals surface area contributed by atoms with E-state index in [1.165, 1.54) is 11.3 Å². The fourth-order valence-electron chi connectivity index (χ4n) is 3.87. The van der Waals surface area contributed by atoms with Crippen LogP contribution in [0.2, 0.25) is 0 Å². The average molecular weight is 502 g/mol. The predicted octanol–water partition coefficient (Wildman–Crippen LogP) is 5.01. The average Bonchev–Trinajstić information content (AvgIpc) is 3.04. The van der Waals surface area contributed by atoms with Crippen LogP contribution in [0.15, 0.2) is 40.9 Å². The molecule has 0 unspecified atom stereocenters. The molecule has 2 aromatic carbocycles. The van der Waals surface area contributed by atoms with Crippen LogP contribution in [0.4, 0.5) is 5.00 Å². The lowest BCUT2D eigenvalue weighted by Crippen LogP contribution is -2.34. The minimum Gasteiger partial charge on any atom is -0.365 e. The molecule has 0 aliphatic heterocycles. The summed E-state index contributed by atoms with van der Waals surface area (Å²) in [5.74, 6) is -0.216. The maximum Gasteiger partial charge on any atom is 0.258 e. The number of anilines is 1. The molecule has 8 heteroatoms. The van der Waals surface area contributed by atoms with Crippen LogP contribution in [0.5, 0.6) is 0 Å². The monoisotopic (exact) mass is 501 g/mol. The van der Waals surface area contributed by atoms with Gasteiger partial charge in [-0.15, -0.1) is 11.3 Å². The minimum atomic E-state index is -0.474. The van der Waals surface area contributed by atoms with Gasteiger partial charge in [-0.25, -0.2) is 0 Å². The third-order valence-corrected chi connectivity index (χ3v) is 7.39. The number of thiophene rings is 1. The Bertz CT molecular complexity index is 1190. The van der Waals surface area contributed by atoms with Gasteiger partial charge in [0.15, 0.2) is 5.11 Å². The van der Waals surface area contributed by atoms with Crippen molar-refractivity contribution in [2.45, 2.75) is 26.2 Å². The van der Waals surface area contributed by atoms with Crippen molar-refractivity contribution in [2.24, 2.45) is 11.7 Å². The molecule has 0 saturated heterocycles. The van der Waals surface area contributed by atoms with Gasteiger partial charge < -0.3 is 11.1 Å². The van der Waals surface area contributed by atoms with Gasteiger partial charge >= 0.3 is 0 Å². The Labute approximate surface area is 192 Å². The second-order valence-electron chi connectivity index (χ2n) is 7.47. The fourth-order valence-corrected chi connectivity index (χ4v) is 6.05. The van der Waals surface area contributed by atoms with Gasteiger partial charge in [-0.2, -0.15) is 0 Å². The van der Waals surface area contributed by atoms with Crippen LogP contribution < -0.4 is 16.4 Å². The van der Waals surface area contributed by atoms with Crippen molar-refractivity contribution >= 4 is 72.2 Å².